The van der Waals surface area contributed by atoms with Crippen LogP contribution in [-0.4, -0.2) is 26.5 Å². The van der Waals surface area contributed by atoms with Gasteiger partial charge in [-0.1, -0.05) is 60.4 Å². The SMILES string of the molecule is C=C(CC#Cc1cccc(Sc2[nH]nnc2C(=O)O)c1)CCC. The average molecular weight is 327 g/mol. The van der Waals surface area contributed by atoms with Gasteiger partial charge >= 0.3 is 5.97 Å². The Morgan fingerprint density at radius 1 is 1.48 bits per heavy atom. The lowest BCUT2D eigenvalue weighted by atomic mass is 10.1. The second-order valence-electron chi connectivity index (χ2n) is 4.90. The molecule has 0 fully saturated rings. The summed E-state index contributed by atoms with van der Waals surface area (Å²) in [6.45, 7) is 6.11. The quantitative estimate of drug-likeness (QED) is 0.624. The smallest absolute Gasteiger partial charge is 0.359 e. The maximum Gasteiger partial charge on any atom is 0.359 e. The van der Waals surface area contributed by atoms with Crippen molar-refractivity contribution in [2.45, 2.75) is 36.1 Å². The molecule has 1 aromatic heterocycles. The maximum atomic E-state index is 11.0. The number of hydrogen-bond donors (Lipinski definition) is 2. The van der Waals surface area contributed by atoms with Crippen LogP contribution < -0.4 is 0 Å². The molecule has 0 saturated carbocycles. The predicted molar refractivity (Wildman–Crippen MR) is 89.5 cm³/mol. The van der Waals surface area contributed by atoms with E-state index in [0.29, 0.717) is 11.4 Å². The zero-order chi connectivity index (χ0) is 16.7. The zero-order valence-electron chi connectivity index (χ0n) is 12.8. The molecule has 23 heavy (non-hydrogen) atoms. The Kier molecular flexibility index (Phi) is 6.01. The summed E-state index contributed by atoms with van der Waals surface area (Å²) in [7, 11) is 0. The topological polar surface area (TPSA) is 78.9 Å². The third-order valence-electron chi connectivity index (χ3n) is 2.95. The molecule has 118 valence electrons. The normalized spacial score (nSPS) is 9.96. The van der Waals surface area contributed by atoms with Gasteiger partial charge in [-0.3, -0.25) is 5.10 Å². The molecule has 0 unspecified atom stereocenters. The highest BCUT2D eigenvalue weighted by Crippen LogP contribution is 2.28. The van der Waals surface area contributed by atoms with E-state index in [1.807, 2.05) is 24.3 Å². The number of nitrogens with one attached hydrogen (secondary N) is 1. The summed E-state index contributed by atoms with van der Waals surface area (Å²) in [5, 5.41) is 19.1. The number of nitrogens with zero attached hydrogens (tertiary/aromatic N) is 2. The molecule has 2 N–H and O–H groups in total. The summed E-state index contributed by atoms with van der Waals surface area (Å²) in [4.78, 5) is 11.9. The molecule has 0 atom stereocenters. The number of allylic oxidation sites excluding steroid dienone is 1. The highest BCUT2D eigenvalue weighted by molar-refractivity contribution is 7.99. The van der Waals surface area contributed by atoms with E-state index in [-0.39, 0.29) is 5.69 Å². The molecule has 0 radical (unpaired) electrons. The standard InChI is InChI=1S/C17H17N3O2S/c1-3-6-12(2)7-4-8-13-9-5-10-14(11-13)23-16-15(17(21)22)18-20-19-16/h5,9-11H,2-3,6-7H2,1H3,(H,21,22)(H,18,19,20). The second-order valence-corrected chi connectivity index (χ2v) is 5.99. The minimum absolute atomic E-state index is 0.0812. The van der Waals surface area contributed by atoms with Crippen molar-refractivity contribution in [2.75, 3.05) is 0 Å². The van der Waals surface area contributed by atoms with Gasteiger partial charge in [0.2, 0.25) is 5.69 Å². The number of aromatic nitrogens is 3. The van der Waals surface area contributed by atoms with Crippen molar-refractivity contribution in [3.05, 3.63) is 47.7 Å². The number of benzene rings is 1. The van der Waals surface area contributed by atoms with Crippen LogP contribution in [0.25, 0.3) is 0 Å². The number of H-pyrrole nitrogens is 1. The number of carbonyl (C=O) groups is 1. The lowest BCUT2D eigenvalue weighted by Gasteiger charge is -2.00. The van der Waals surface area contributed by atoms with Crippen molar-refractivity contribution in [2.24, 2.45) is 0 Å². The third kappa shape index (κ3) is 5.01. The molecule has 0 aliphatic rings. The van der Waals surface area contributed by atoms with Crippen molar-refractivity contribution < 1.29 is 9.90 Å². The van der Waals surface area contributed by atoms with Gasteiger partial charge in [-0.2, -0.15) is 0 Å². The van der Waals surface area contributed by atoms with Crippen LogP contribution >= 0.6 is 11.8 Å². The van der Waals surface area contributed by atoms with Gasteiger partial charge in [0.1, 0.15) is 5.03 Å². The fourth-order valence-corrected chi connectivity index (χ4v) is 2.78. The van der Waals surface area contributed by atoms with Gasteiger partial charge < -0.3 is 5.11 Å². The highest BCUT2D eigenvalue weighted by Gasteiger charge is 2.15. The van der Waals surface area contributed by atoms with E-state index in [9.17, 15) is 4.79 Å². The van der Waals surface area contributed by atoms with E-state index in [1.54, 1.807) is 0 Å². The first-order valence-electron chi connectivity index (χ1n) is 7.18. The Hall–Kier alpha value is -2.52. The molecule has 0 saturated heterocycles. The van der Waals surface area contributed by atoms with Crippen molar-refractivity contribution in [3.63, 3.8) is 0 Å². The first-order chi connectivity index (χ1) is 11.1. The number of hydrogen-bond acceptors (Lipinski definition) is 4. The molecule has 0 aliphatic carbocycles. The highest BCUT2D eigenvalue weighted by atomic mass is 32.2. The fraction of sp³-hybridized carbons (Fsp3) is 0.235. The molecule has 1 heterocycles. The Balaban J connectivity index is 2.08. The van der Waals surface area contributed by atoms with Crippen LogP contribution in [0.1, 0.15) is 42.2 Å². The van der Waals surface area contributed by atoms with Crippen molar-refractivity contribution in [3.8, 4) is 11.8 Å². The molecule has 6 heteroatoms. The minimum atomic E-state index is -1.10. The Morgan fingerprint density at radius 2 is 2.30 bits per heavy atom. The van der Waals surface area contributed by atoms with E-state index >= 15 is 0 Å². The molecule has 0 amide bonds. The van der Waals surface area contributed by atoms with Gasteiger partial charge in [-0.05, 0) is 24.6 Å². The van der Waals surface area contributed by atoms with Crippen LogP contribution in [0.2, 0.25) is 0 Å². The van der Waals surface area contributed by atoms with Gasteiger partial charge in [0.05, 0.1) is 0 Å². The first-order valence-corrected chi connectivity index (χ1v) is 7.99. The molecule has 2 rings (SSSR count). The second kappa shape index (κ2) is 8.20. The molecule has 0 aliphatic heterocycles. The summed E-state index contributed by atoms with van der Waals surface area (Å²) in [6, 6.07) is 7.60. The number of carboxylic acids is 1. The molecule has 0 spiro atoms. The summed E-state index contributed by atoms with van der Waals surface area (Å²) < 4.78 is 0. The molecule has 1 aromatic carbocycles. The van der Waals surface area contributed by atoms with Crippen LogP contribution in [0.15, 0.2) is 46.3 Å². The number of aromatic amines is 1. The summed E-state index contributed by atoms with van der Waals surface area (Å²) in [5.74, 6) is 5.12. The van der Waals surface area contributed by atoms with Crippen molar-refractivity contribution in [1.82, 2.24) is 15.4 Å². The number of carboxylic acid groups (broad SMARTS) is 1. The van der Waals surface area contributed by atoms with Crippen LogP contribution in [0.4, 0.5) is 0 Å². The largest absolute Gasteiger partial charge is 0.476 e. The van der Waals surface area contributed by atoms with Crippen LogP contribution in [-0.2, 0) is 0 Å². The molecule has 2 aromatic rings. The fourth-order valence-electron chi connectivity index (χ4n) is 1.90. The number of rotatable bonds is 6. The van der Waals surface area contributed by atoms with Gasteiger partial charge in [0.15, 0.2) is 0 Å². The molecular weight excluding hydrogens is 310 g/mol. The molecular formula is C17H17N3O2S. The summed E-state index contributed by atoms with van der Waals surface area (Å²) in [5.41, 5.74) is 1.94. The van der Waals surface area contributed by atoms with Crippen LogP contribution in [0.3, 0.4) is 0 Å². The Bertz CT molecular complexity index is 771. The minimum Gasteiger partial charge on any atom is -0.476 e. The summed E-state index contributed by atoms with van der Waals surface area (Å²) in [6.07, 6.45) is 2.77. The van der Waals surface area contributed by atoms with Crippen molar-refractivity contribution in [1.29, 1.82) is 0 Å². The van der Waals surface area contributed by atoms with Gasteiger partial charge in [-0.25, -0.2) is 4.79 Å². The molecule has 5 nitrogen and oxygen atoms in total. The average Bonchev–Trinajstić information content (AvgIpc) is 2.96. The van der Waals surface area contributed by atoms with Crippen molar-refractivity contribution >= 4 is 17.7 Å². The lowest BCUT2D eigenvalue weighted by molar-refractivity contribution is 0.0686. The Morgan fingerprint density at radius 3 is 3.04 bits per heavy atom. The van der Waals surface area contributed by atoms with Gasteiger partial charge in [-0.15, -0.1) is 5.10 Å². The Labute approximate surface area is 139 Å². The maximum absolute atomic E-state index is 11.0. The van der Waals surface area contributed by atoms with Crippen LogP contribution in [0.5, 0.6) is 0 Å². The monoisotopic (exact) mass is 327 g/mol. The third-order valence-corrected chi connectivity index (χ3v) is 3.93. The lowest BCUT2D eigenvalue weighted by Crippen LogP contribution is -1.98. The number of aromatic carboxylic acids is 1. The predicted octanol–water partition coefficient (Wildman–Crippen LogP) is 3.75. The van der Waals surface area contributed by atoms with Crippen LogP contribution in [0, 0.1) is 11.8 Å². The first kappa shape index (κ1) is 16.8. The van der Waals surface area contributed by atoms with E-state index in [2.05, 4.69) is 40.8 Å². The van der Waals surface area contributed by atoms with E-state index in [0.717, 1.165) is 28.9 Å². The van der Waals surface area contributed by atoms with E-state index in [4.69, 9.17) is 5.11 Å². The zero-order valence-corrected chi connectivity index (χ0v) is 13.6. The van der Waals surface area contributed by atoms with E-state index < -0.39 is 5.97 Å². The molecule has 0 bridgehead atoms. The van der Waals surface area contributed by atoms with Gasteiger partial charge in [0.25, 0.3) is 0 Å². The summed E-state index contributed by atoms with van der Waals surface area (Å²) >= 11 is 1.26. The van der Waals surface area contributed by atoms with E-state index in [1.165, 1.54) is 11.8 Å². The van der Waals surface area contributed by atoms with Gasteiger partial charge in [0, 0.05) is 16.9 Å².